The Bertz CT molecular complexity index is 403. The van der Waals surface area contributed by atoms with Crippen molar-refractivity contribution in [1.29, 1.82) is 0 Å². The van der Waals surface area contributed by atoms with Crippen LogP contribution in [0.5, 0.6) is 0 Å². The monoisotopic (exact) mass is 197 g/mol. The molecule has 0 bridgehead atoms. The first-order valence-corrected chi connectivity index (χ1v) is 6.79. The lowest BCUT2D eigenvalue weighted by Crippen LogP contribution is -3.06. The summed E-state index contributed by atoms with van der Waals surface area (Å²) < 4.78 is 22.2. The second-order valence-electron chi connectivity index (χ2n) is 5.81. The van der Waals surface area contributed by atoms with Crippen LogP contribution in [0, 0.1) is 46.8 Å². The van der Waals surface area contributed by atoms with Crippen LogP contribution in [-0.2, 0) is 10.0 Å². The average molecular weight is 197 g/mol. The van der Waals surface area contributed by atoms with Gasteiger partial charge in [-0.1, -0.05) is 0 Å². The number of nitrogens with two attached hydrogens (primary N) is 1. The minimum atomic E-state index is -3.22. The van der Waals surface area contributed by atoms with E-state index in [-0.39, 0.29) is 5.41 Å². The fourth-order valence-electron chi connectivity index (χ4n) is 6.31. The number of primary sulfonamides is 1. The van der Waals surface area contributed by atoms with Crippen LogP contribution in [0.3, 0.4) is 0 Å². The van der Waals surface area contributed by atoms with Crippen molar-refractivity contribution >= 4 is 10.0 Å². The van der Waals surface area contributed by atoms with E-state index in [9.17, 15) is 8.42 Å². The van der Waals surface area contributed by atoms with Crippen molar-refractivity contribution in [3.63, 3.8) is 0 Å². The van der Waals surface area contributed by atoms with Crippen LogP contribution in [0.2, 0.25) is 0 Å². The molecule has 0 amide bonds. The zero-order valence-corrected chi connectivity index (χ0v) is 7.87. The molecule has 0 spiro atoms. The topological polar surface area (TPSA) is 60.2 Å². The van der Waals surface area contributed by atoms with Gasteiger partial charge in [-0.25, -0.2) is 13.6 Å². The molecule has 0 unspecified atom stereocenters. The SMILES string of the molecule is NS(=O)(=O)CC12C3C4C5C3C1C5C42. The van der Waals surface area contributed by atoms with Gasteiger partial charge in [-0.05, 0) is 46.8 Å². The third kappa shape index (κ3) is 0.326. The fraction of sp³-hybridized carbons (Fsp3) is 1.00. The van der Waals surface area contributed by atoms with Crippen LogP contribution in [0.4, 0.5) is 0 Å². The van der Waals surface area contributed by atoms with Gasteiger partial charge in [-0.15, -0.1) is 0 Å². The molecule has 4 heteroatoms. The Balaban J connectivity index is 1.60. The molecule has 0 heterocycles. The molecule has 6 aliphatic carbocycles. The largest absolute Gasteiger partial charge is 0.229 e. The molecule has 13 heavy (non-hydrogen) atoms. The van der Waals surface area contributed by atoms with Gasteiger partial charge in [0.2, 0.25) is 10.0 Å². The molecule has 0 aromatic rings. The molecule has 6 rings (SSSR count). The highest BCUT2D eigenvalue weighted by atomic mass is 32.2. The standard InChI is InChI=1S/C9H11NO2S/c10-13(11,12)1-9-6-3-2-4(6)8(9)5(2)7(3)9/h2-8H,1H2,(H2,10,11,12). The minimum absolute atomic E-state index is 0.238. The Kier molecular flexibility index (Phi) is 0.607. The molecule has 6 saturated carbocycles. The first-order chi connectivity index (χ1) is 6.07. The van der Waals surface area contributed by atoms with E-state index in [1.807, 2.05) is 0 Å². The molecule has 6 fully saturated rings. The van der Waals surface area contributed by atoms with Gasteiger partial charge in [0.15, 0.2) is 0 Å². The summed E-state index contributed by atoms with van der Waals surface area (Å²) in [5.74, 6) is 6.64. The van der Waals surface area contributed by atoms with E-state index in [2.05, 4.69) is 0 Å². The maximum atomic E-state index is 11.1. The lowest BCUT2D eigenvalue weighted by molar-refractivity contribution is -0.608. The van der Waals surface area contributed by atoms with Crippen LogP contribution in [0.1, 0.15) is 0 Å². The fourth-order valence-corrected chi connectivity index (χ4v) is 7.58. The van der Waals surface area contributed by atoms with Gasteiger partial charge in [-0.2, -0.15) is 0 Å². The van der Waals surface area contributed by atoms with Crippen LogP contribution < -0.4 is 5.14 Å². The summed E-state index contributed by atoms with van der Waals surface area (Å²) in [5.41, 5.74) is 0.238. The molecule has 0 aliphatic heterocycles. The van der Waals surface area contributed by atoms with Crippen LogP contribution in [0.15, 0.2) is 0 Å². The van der Waals surface area contributed by atoms with Crippen LogP contribution in [-0.4, -0.2) is 14.2 Å². The Morgan fingerprint density at radius 1 is 1.00 bits per heavy atom. The Hall–Kier alpha value is -0.0900. The molecule has 0 radical (unpaired) electrons. The van der Waals surface area contributed by atoms with Gasteiger partial charge < -0.3 is 0 Å². The van der Waals surface area contributed by atoms with Gasteiger partial charge in [0, 0.05) is 0 Å². The third-order valence-corrected chi connectivity index (χ3v) is 7.04. The van der Waals surface area contributed by atoms with Crippen molar-refractivity contribution in [3.8, 4) is 0 Å². The number of hydrogen-bond acceptors (Lipinski definition) is 2. The summed E-state index contributed by atoms with van der Waals surface area (Å²) in [6.07, 6.45) is 0. The molecule has 0 atom stereocenters. The highest BCUT2D eigenvalue weighted by molar-refractivity contribution is 7.89. The highest BCUT2D eigenvalue weighted by Crippen LogP contribution is 3.05. The van der Waals surface area contributed by atoms with E-state index in [4.69, 9.17) is 5.14 Å². The number of hydrogen-bond donors (Lipinski definition) is 1. The molecule has 2 N–H and O–H groups in total. The van der Waals surface area contributed by atoms with E-state index in [0.29, 0.717) is 5.75 Å². The summed E-state index contributed by atoms with van der Waals surface area (Å²) in [5, 5.41) is 5.15. The summed E-state index contributed by atoms with van der Waals surface area (Å²) in [4.78, 5) is 0. The van der Waals surface area contributed by atoms with Gasteiger partial charge in [0.1, 0.15) is 0 Å². The van der Waals surface area contributed by atoms with Crippen molar-refractivity contribution in [2.75, 3.05) is 5.75 Å². The molecular formula is C9H11NO2S. The Labute approximate surface area is 76.7 Å². The zero-order valence-electron chi connectivity index (χ0n) is 7.05. The smallest absolute Gasteiger partial charge is 0.209 e. The molecule has 0 aromatic heterocycles. The van der Waals surface area contributed by atoms with E-state index in [1.165, 1.54) is 0 Å². The molecule has 0 aromatic carbocycles. The Morgan fingerprint density at radius 3 is 1.85 bits per heavy atom. The third-order valence-electron chi connectivity index (χ3n) is 6.13. The van der Waals surface area contributed by atoms with E-state index in [1.54, 1.807) is 0 Å². The quantitative estimate of drug-likeness (QED) is 0.657. The summed E-state index contributed by atoms with van der Waals surface area (Å²) in [6.45, 7) is 0. The number of sulfonamides is 1. The minimum Gasteiger partial charge on any atom is -0.229 e. The molecule has 0 saturated heterocycles. The van der Waals surface area contributed by atoms with Gasteiger partial charge >= 0.3 is 0 Å². The first-order valence-electron chi connectivity index (χ1n) is 5.08. The lowest BCUT2D eigenvalue weighted by Gasteiger charge is -3.07. The van der Waals surface area contributed by atoms with E-state index < -0.39 is 10.0 Å². The van der Waals surface area contributed by atoms with Crippen molar-refractivity contribution < 1.29 is 8.42 Å². The predicted octanol–water partition coefficient (Wildman–Crippen LogP) is -0.357. The van der Waals surface area contributed by atoms with Crippen molar-refractivity contribution in [2.24, 2.45) is 52.0 Å². The average Bonchev–Trinajstić information content (AvgIpc) is 2.02. The molecular weight excluding hydrogens is 186 g/mol. The summed E-state index contributed by atoms with van der Waals surface area (Å²) in [7, 11) is -3.22. The number of rotatable bonds is 2. The molecule has 3 nitrogen and oxygen atoms in total. The lowest BCUT2D eigenvalue weighted by atomic mass is 8.97. The van der Waals surface area contributed by atoms with Gasteiger partial charge in [-0.3, -0.25) is 0 Å². The Morgan fingerprint density at radius 2 is 1.46 bits per heavy atom. The predicted molar refractivity (Wildman–Crippen MR) is 44.8 cm³/mol. The van der Waals surface area contributed by atoms with Crippen LogP contribution >= 0.6 is 0 Å². The van der Waals surface area contributed by atoms with Gasteiger partial charge in [0.05, 0.1) is 5.75 Å². The highest BCUT2D eigenvalue weighted by Gasteiger charge is 3.04. The zero-order chi connectivity index (χ0) is 8.75. The second-order valence-corrected chi connectivity index (χ2v) is 7.42. The molecule has 6 aliphatic rings. The summed E-state index contributed by atoms with van der Waals surface area (Å²) >= 11 is 0. The van der Waals surface area contributed by atoms with E-state index >= 15 is 0 Å². The molecule has 70 valence electrons. The summed E-state index contributed by atoms with van der Waals surface area (Å²) in [6, 6.07) is 0. The van der Waals surface area contributed by atoms with Crippen molar-refractivity contribution in [1.82, 2.24) is 0 Å². The van der Waals surface area contributed by atoms with Gasteiger partial charge in [0.25, 0.3) is 0 Å². The van der Waals surface area contributed by atoms with E-state index in [0.717, 1.165) is 41.4 Å². The maximum absolute atomic E-state index is 11.1. The normalized spacial score (nSPS) is 78.1. The second kappa shape index (κ2) is 1.23. The van der Waals surface area contributed by atoms with Crippen molar-refractivity contribution in [2.45, 2.75) is 0 Å². The van der Waals surface area contributed by atoms with Crippen LogP contribution in [0.25, 0.3) is 0 Å². The first kappa shape index (κ1) is 6.40. The maximum Gasteiger partial charge on any atom is 0.209 e. The van der Waals surface area contributed by atoms with Crippen molar-refractivity contribution in [3.05, 3.63) is 0 Å².